The summed E-state index contributed by atoms with van der Waals surface area (Å²) in [6, 6.07) is 3.41. The van der Waals surface area contributed by atoms with E-state index in [-0.39, 0.29) is 11.8 Å². The molecule has 2 nitrogen and oxygen atoms in total. The fraction of sp³-hybridized carbons (Fsp3) is 0.455. The highest BCUT2D eigenvalue weighted by Crippen LogP contribution is 2.33. The van der Waals surface area contributed by atoms with Gasteiger partial charge < -0.3 is 10.8 Å². The first-order chi connectivity index (χ1) is 6.45. The van der Waals surface area contributed by atoms with Gasteiger partial charge in [-0.2, -0.15) is 0 Å². The predicted molar refractivity (Wildman–Crippen MR) is 59.6 cm³/mol. The molecule has 0 saturated heterocycles. The van der Waals surface area contributed by atoms with Crippen molar-refractivity contribution in [2.45, 2.75) is 26.8 Å². The second-order valence-electron chi connectivity index (χ2n) is 3.88. The van der Waals surface area contributed by atoms with Gasteiger partial charge in [0.25, 0.3) is 0 Å². The van der Waals surface area contributed by atoms with Gasteiger partial charge in [0.15, 0.2) is 0 Å². The molecule has 0 bridgehead atoms. The van der Waals surface area contributed by atoms with Crippen molar-refractivity contribution in [3.05, 3.63) is 28.3 Å². The summed E-state index contributed by atoms with van der Waals surface area (Å²) >= 11 is 5.87. The number of halogens is 1. The van der Waals surface area contributed by atoms with E-state index in [0.29, 0.717) is 16.5 Å². The molecule has 1 aromatic carbocycles. The van der Waals surface area contributed by atoms with Crippen molar-refractivity contribution in [2.75, 3.05) is 0 Å². The van der Waals surface area contributed by atoms with Crippen LogP contribution in [-0.2, 0) is 0 Å². The van der Waals surface area contributed by atoms with Crippen LogP contribution in [0.3, 0.4) is 0 Å². The summed E-state index contributed by atoms with van der Waals surface area (Å²) in [5, 5.41) is 10.4. The molecule has 0 aromatic heterocycles. The second kappa shape index (κ2) is 4.20. The van der Waals surface area contributed by atoms with E-state index in [9.17, 15) is 5.11 Å². The van der Waals surface area contributed by atoms with Crippen LogP contribution in [0.1, 0.15) is 31.0 Å². The zero-order valence-corrected chi connectivity index (χ0v) is 9.47. The topological polar surface area (TPSA) is 46.2 Å². The van der Waals surface area contributed by atoms with Crippen LogP contribution in [-0.4, -0.2) is 5.11 Å². The van der Waals surface area contributed by atoms with E-state index in [1.165, 1.54) is 0 Å². The molecule has 1 rings (SSSR count). The van der Waals surface area contributed by atoms with Crippen LogP contribution >= 0.6 is 11.6 Å². The van der Waals surface area contributed by atoms with Gasteiger partial charge in [-0.15, -0.1) is 0 Å². The van der Waals surface area contributed by atoms with E-state index < -0.39 is 0 Å². The van der Waals surface area contributed by atoms with E-state index in [1.807, 2.05) is 13.8 Å². The smallest absolute Gasteiger partial charge is 0.124 e. The quantitative estimate of drug-likeness (QED) is 0.794. The number of rotatable bonds is 2. The second-order valence-corrected chi connectivity index (χ2v) is 4.29. The van der Waals surface area contributed by atoms with Gasteiger partial charge in [0, 0.05) is 22.2 Å². The van der Waals surface area contributed by atoms with Crippen LogP contribution in [0.4, 0.5) is 0 Å². The molecule has 14 heavy (non-hydrogen) atoms. The molecule has 0 aliphatic heterocycles. The third-order valence-corrected chi connectivity index (χ3v) is 2.88. The fourth-order valence-corrected chi connectivity index (χ4v) is 1.48. The molecule has 0 unspecified atom stereocenters. The molecular weight excluding hydrogens is 198 g/mol. The minimum atomic E-state index is -0.147. The highest BCUT2D eigenvalue weighted by Gasteiger charge is 2.16. The number of hydrogen-bond donors (Lipinski definition) is 2. The number of benzene rings is 1. The van der Waals surface area contributed by atoms with Gasteiger partial charge in [-0.1, -0.05) is 31.5 Å². The summed E-state index contributed by atoms with van der Waals surface area (Å²) in [6.45, 7) is 5.83. The van der Waals surface area contributed by atoms with E-state index in [0.717, 1.165) is 5.56 Å². The minimum absolute atomic E-state index is 0.147. The molecule has 1 atom stereocenters. The standard InChI is InChI=1S/C11H16ClNO/c1-6(2)10(13)8-4-5-9(12)7(3)11(8)14/h4-6,10,14H,13H2,1-3H3/t10-/m1/s1. The summed E-state index contributed by atoms with van der Waals surface area (Å²) in [5.41, 5.74) is 7.41. The van der Waals surface area contributed by atoms with Gasteiger partial charge in [0.05, 0.1) is 0 Å². The zero-order chi connectivity index (χ0) is 10.9. The first kappa shape index (κ1) is 11.3. The van der Waals surface area contributed by atoms with Gasteiger partial charge >= 0.3 is 0 Å². The maximum absolute atomic E-state index is 9.83. The maximum atomic E-state index is 9.83. The normalized spacial score (nSPS) is 13.3. The van der Waals surface area contributed by atoms with Gasteiger partial charge in [-0.3, -0.25) is 0 Å². The van der Waals surface area contributed by atoms with E-state index in [1.54, 1.807) is 19.1 Å². The third-order valence-electron chi connectivity index (χ3n) is 2.47. The van der Waals surface area contributed by atoms with Crippen molar-refractivity contribution < 1.29 is 5.11 Å². The van der Waals surface area contributed by atoms with Gasteiger partial charge in [-0.25, -0.2) is 0 Å². The predicted octanol–water partition coefficient (Wildman–Crippen LogP) is 3.01. The summed E-state index contributed by atoms with van der Waals surface area (Å²) in [4.78, 5) is 0. The van der Waals surface area contributed by atoms with Crippen molar-refractivity contribution in [1.29, 1.82) is 0 Å². The number of phenols is 1. The molecule has 0 spiro atoms. The van der Waals surface area contributed by atoms with Crippen LogP contribution in [0.25, 0.3) is 0 Å². The molecule has 0 amide bonds. The molecule has 0 fully saturated rings. The summed E-state index contributed by atoms with van der Waals surface area (Å²) in [5.74, 6) is 0.514. The van der Waals surface area contributed by atoms with Crippen LogP contribution in [0.5, 0.6) is 5.75 Å². The molecule has 3 heteroatoms. The first-order valence-corrected chi connectivity index (χ1v) is 5.06. The lowest BCUT2D eigenvalue weighted by Gasteiger charge is -2.18. The Hall–Kier alpha value is -0.730. The Bertz CT molecular complexity index is 336. The van der Waals surface area contributed by atoms with E-state index in [4.69, 9.17) is 17.3 Å². The number of nitrogens with two attached hydrogens (primary N) is 1. The van der Waals surface area contributed by atoms with Crippen molar-refractivity contribution >= 4 is 11.6 Å². The van der Waals surface area contributed by atoms with Crippen LogP contribution in [0, 0.1) is 12.8 Å². The number of aromatic hydroxyl groups is 1. The van der Waals surface area contributed by atoms with Crippen molar-refractivity contribution in [3.8, 4) is 5.75 Å². The molecular formula is C11H16ClNO. The summed E-state index contributed by atoms with van der Waals surface area (Å²) in [6.07, 6.45) is 0. The summed E-state index contributed by atoms with van der Waals surface area (Å²) in [7, 11) is 0. The maximum Gasteiger partial charge on any atom is 0.124 e. The number of phenolic OH excluding ortho intramolecular Hbond substituents is 1. The van der Waals surface area contributed by atoms with Crippen LogP contribution in [0.15, 0.2) is 12.1 Å². The molecule has 0 radical (unpaired) electrons. The highest BCUT2D eigenvalue weighted by atomic mass is 35.5. The highest BCUT2D eigenvalue weighted by molar-refractivity contribution is 6.31. The Kier molecular flexibility index (Phi) is 3.40. The van der Waals surface area contributed by atoms with Gasteiger partial charge in [-0.05, 0) is 18.9 Å². The SMILES string of the molecule is Cc1c(Cl)ccc([C@H](N)C(C)C)c1O. The van der Waals surface area contributed by atoms with Crippen molar-refractivity contribution in [3.63, 3.8) is 0 Å². The van der Waals surface area contributed by atoms with Gasteiger partial charge in [0.2, 0.25) is 0 Å². The van der Waals surface area contributed by atoms with Gasteiger partial charge in [0.1, 0.15) is 5.75 Å². The van der Waals surface area contributed by atoms with Crippen LogP contribution < -0.4 is 5.73 Å². The molecule has 0 heterocycles. The lowest BCUT2D eigenvalue weighted by molar-refractivity contribution is 0.437. The Labute approximate surface area is 89.7 Å². The zero-order valence-electron chi connectivity index (χ0n) is 8.71. The minimum Gasteiger partial charge on any atom is -0.507 e. The molecule has 0 aliphatic carbocycles. The Morgan fingerprint density at radius 3 is 2.43 bits per heavy atom. The first-order valence-electron chi connectivity index (χ1n) is 4.68. The van der Waals surface area contributed by atoms with E-state index in [2.05, 4.69) is 0 Å². The third kappa shape index (κ3) is 2.02. The largest absolute Gasteiger partial charge is 0.507 e. The Morgan fingerprint density at radius 2 is 1.93 bits per heavy atom. The molecule has 1 aromatic rings. The molecule has 78 valence electrons. The molecule has 0 saturated carbocycles. The average Bonchev–Trinajstić information content (AvgIpc) is 2.13. The van der Waals surface area contributed by atoms with E-state index >= 15 is 0 Å². The van der Waals surface area contributed by atoms with Crippen LogP contribution in [0.2, 0.25) is 5.02 Å². The fourth-order valence-electron chi connectivity index (χ4n) is 1.32. The average molecular weight is 214 g/mol. The molecule has 3 N–H and O–H groups in total. The lowest BCUT2D eigenvalue weighted by atomic mass is 9.95. The monoisotopic (exact) mass is 213 g/mol. The Balaban J connectivity index is 3.17. The lowest BCUT2D eigenvalue weighted by Crippen LogP contribution is -2.17. The van der Waals surface area contributed by atoms with Crippen molar-refractivity contribution in [2.24, 2.45) is 11.7 Å². The van der Waals surface area contributed by atoms with Crippen molar-refractivity contribution in [1.82, 2.24) is 0 Å². The Morgan fingerprint density at radius 1 is 1.36 bits per heavy atom. The molecule has 0 aliphatic rings. The number of hydrogen-bond acceptors (Lipinski definition) is 2. The summed E-state index contributed by atoms with van der Waals surface area (Å²) < 4.78 is 0.